The molecular formula is C14H14N2O. The van der Waals surface area contributed by atoms with E-state index in [0.717, 1.165) is 23.9 Å². The number of rotatable bonds is 2. The highest BCUT2D eigenvalue weighted by atomic mass is 16.3. The van der Waals surface area contributed by atoms with Crippen LogP contribution in [0.3, 0.4) is 0 Å². The highest BCUT2D eigenvalue weighted by Gasteiger charge is 2.15. The van der Waals surface area contributed by atoms with Crippen LogP contribution in [-0.4, -0.2) is 13.1 Å². The molecule has 1 heterocycles. The van der Waals surface area contributed by atoms with Crippen LogP contribution in [0, 0.1) is 4.91 Å². The van der Waals surface area contributed by atoms with Crippen molar-refractivity contribution in [2.24, 2.45) is 5.18 Å². The molecule has 0 saturated carbocycles. The summed E-state index contributed by atoms with van der Waals surface area (Å²) in [6, 6.07) is 11.8. The number of hydrogen-bond donors (Lipinski definition) is 0. The Morgan fingerprint density at radius 1 is 0.941 bits per heavy atom. The Morgan fingerprint density at radius 2 is 1.65 bits per heavy atom. The number of fused-ring (bicyclic) bond motifs is 1. The lowest BCUT2D eigenvalue weighted by Crippen LogP contribution is -2.17. The lowest BCUT2D eigenvalue weighted by atomic mass is 10.1. The van der Waals surface area contributed by atoms with E-state index in [1.165, 1.54) is 18.5 Å². The Morgan fingerprint density at radius 3 is 2.35 bits per heavy atom. The number of nitrogens with zero attached hydrogens (tertiary/aromatic N) is 2. The molecule has 2 aromatic rings. The van der Waals surface area contributed by atoms with Gasteiger partial charge in [0.1, 0.15) is 5.69 Å². The van der Waals surface area contributed by atoms with E-state index in [0.29, 0.717) is 5.69 Å². The van der Waals surface area contributed by atoms with E-state index in [1.807, 2.05) is 30.3 Å². The second kappa shape index (κ2) is 4.17. The summed E-state index contributed by atoms with van der Waals surface area (Å²) in [5, 5.41) is 5.18. The largest absolute Gasteiger partial charge is 0.371 e. The van der Waals surface area contributed by atoms with E-state index in [-0.39, 0.29) is 0 Å². The summed E-state index contributed by atoms with van der Waals surface area (Å²) in [5.41, 5.74) is 1.76. The first-order valence-electron chi connectivity index (χ1n) is 6.00. The molecule has 0 spiro atoms. The molecule has 1 aliphatic heterocycles. The second-order valence-corrected chi connectivity index (χ2v) is 4.43. The molecule has 3 heteroatoms. The molecule has 0 unspecified atom stereocenters. The van der Waals surface area contributed by atoms with E-state index in [9.17, 15) is 4.91 Å². The summed E-state index contributed by atoms with van der Waals surface area (Å²) < 4.78 is 0. The number of nitroso groups, excluding NO2 is 1. The zero-order valence-corrected chi connectivity index (χ0v) is 9.60. The number of hydrogen-bond acceptors (Lipinski definition) is 3. The highest BCUT2D eigenvalue weighted by molar-refractivity contribution is 6.01. The van der Waals surface area contributed by atoms with Gasteiger partial charge in [0.25, 0.3) is 0 Å². The lowest BCUT2D eigenvalue weighted by Gasteiger charge is -2.20. The van der Waals surface area contributed by atoms with Gasteiger partial charge >= 0.3 is 0 Å². The molecule has 2 aromatic carbocycles. The van der Waals surface area contributed by atoms with Crippen molar-refractivity contribution in [3.05, 3.63) is 41.3 Å². The first-order chi connectivity index (χ1) is 8.40. The van der Waals surface area contributed by atoms with Crippen molar-refractivity contribution in [1.29, 1.82) is 0 Å². The SMILES string of the molecule is O=Nc1ccc(N2CCCC2)c2ccccc12. The van der Waals surface area contributed by atoms with Crippen molar-refractivity contribution in [2.75, 3.05) is 18.0 Å². The molecule has 1 saturated heterocycles. The van der Waals surface area contributed by atoms with Crippen LogP contribution in [0.4, 0.5) is 11.4 Å². The summed E-state index contributed by atoms with van der Waals surface area (Å²) in [4.78, 5) is 13.2. The smallest absolute Gasteiger partial charge is 0.115 e. The Hall–Kier alpha value is -1.90. The summed E-state index contributed by atoms with van der Waals surface area (Å²) in [7, 11) is 0. The monoisotopic (exact) mass is 226 g/mol. The summed E-state index contributed by atoms with van der Waals surface area (Å²) in [6.45, 7) is 2.22. The van der Waals surface area contributed by atoms with E-state index in [4.69, 9.17) is 0 Å². The van der Waals surface area contributed by atoms with Crippen LogP contribution in [0.25, 0.3) is 10.8 Å². The standard InChI is InChI=1S/C14H14N2O/c17-15-13-7-8-14(16-9-3-4-10-16)12-6-2-1-5-11(12)13/h1-2,5-8H,3-4,9-10H2. The first-order valence-corrected chi connectivity index (χ1v) is 6.00. The normalized spacial score (nSPS) is 15.4. The maximum Gasteiger partial charge on any atom is 0.115 e. The predicted octanol–water partition coefficient (Wildman–Crippen LogP) is 3.84. The van der Waals surface area contributed by atoms with E-state index < -0.39 is 0 Å². The molecule has 3 rings (SSSR count). The maximum absolute atomic E-state index is 10.8. The van der Waals surface area contributed by atoms with Gasteiger partial charge in [0.15, 0.2) is 0 Å². The molecule has 0 aromatic heterocycles. The minimum absolute atomic E-state index is 0.531. The quantitative estimate of drug-likeness (QED) is 0.729. The summed E-state index contributed by atoms with van der Waals surface area (Å²) >= 11 is 0. The van der Waals surface area contributed by atoms with E-state index >= 15 is 0 Å². The molecule has 0 radical (unpaired) electrons. The average molecular weight is 226 g/mol. The molecule has 0 bridgehead atoms. The van der Waals surface area contributed by atoms with Gasteiger partial charge in [0.05, 0.1) is 0 Å². The first kappa shape index (κ1) is 10.3. The zero-order valence-electron chi connectivity index (χ0n) is 9.60. The molecule has 86 valence electrons. The summed E-state index contributed by atoms with van der Waals surface area (Å²) in [6.07, 6.45) is 2.50. The number of benzene rings is 2. The zero-order chi connectivity index (χ0) is 11.7. The lowest BCUT2D eigenvalue weighted by molar-refractivity contribution is 0.949. The van der Waals surface area contributed by atoms with Crippen molar-refractivity contribution in [2.45, 2.75) is 12.8 Å². The molecule has 0 aliphatic carbocycles. The van der Waals surface area contributed by atoms with E-state index in [1.54, 1.807) is 0 Å². The van der Waals surface area contributed by atoms with Crippen molar-refractivity contribution in [3.63, 3.8) is 0 Å². The van der Waals surface area contributed by atoms with Gasteiger partial charge in [0, 0.05) is 29.5 Å². The van der Waals surface area contributed by atoms with E-state index in [2.05, 4.69) is 16.1 Å². The fourth-order valence-electron chi connectivity index (χ4n) is 2.58. The molecule has 3 nitrogen and oxygen atoms in total. The molecule has 1 fully saturated rings. The van der Waals surface area contributed by atoms with Gasteiger partial charge in [-0.1, -0.05) is 24.3 Å². The topological polar surface area (TPSA) is 32.7 Å². The van der Waals surface area contributed by atoms with Crippen LogP contribution in [-0.2, 0) is 0 Å². The van der Waals surface area contributed by atoms with Crippen molar-refractivity contribution in [1.82, 2.24) is 0 Å². The third-order valence-corrected chi connectivity index (χ3v) is 3.42. The van der Waals surface area contributed by atoms with Gasteiger partial charge in [-0.3, -0.25) is 0 Å². The molecule has 1 aliphatic rings. The Kier molecular flexibility index (Phi) is 2.52. The van der Waals surface area contributed by atoms with Crippen molar-refractivity contribution >= 4 is 22.1 Å². The average Bonchev–Trinajstić information content (AvgIpc) is 2.91. The third-order valence-electron chi connectivity index (χ3n) is 3.42. The highest BCUT2D eigenvalue weighted by Crippen LogP contribution is 2.34. The van der Waals surface area contributed by atoms with Gasteiger partial charge < -0.3 is 4.90 Å². The molecule has 0 amide bonds. The Labute approximate surface area is 100 Å². The Bertz CT molecular complexity index is 559. The van der Waals surface area contributed by atoms with Crippen LogP contribution < -0.4 is 4.90 Å². The maximum atomic E-state index is 10.8. The second-order valence-electron chi connectivity index (χ2n) is 4.43. The Balaban J connectivity index is 2.22. The number of anilines is 1. The summed E-state index contributed by atoms with van der Waals surface area (Å²) in [5.74, 6) is 0. The van der Waals surface area contributed by atoms with Crippen molar-refractivity contribution in [3.8, 4) is 0 Å². The molecule has 0 atom stereocenters. The van der Waals surface area contributed by atoms with Gasteiger partial charge in [-0.25, -0.2) is 0 Å². The van der Waals surface area contributed by atoms with Crippen LogP contribution in [0.2, 0.25) is 0 Å². The molecule has 0 N–H and O–H groups in total. The molecule has 17 heavy (non-hydrogen) atoms. The van der Waals surface area contributed by atoms with Gasteiger partial charge in [-0.05, 0) is 30.2 Å². The fourth-order valence-corrected chi connectivity index (χ4v) is 2.58. The minimum atomic E-state index is 0.531. The van der Waals surface area contributed by atoms with Crippen molar-refractivity contribution < 1.29 is 0 Å². The fraction of sp³-hybridized carbons (Fsp3) is 0.286. The van der Waals surface area contributed by atoms with Gasteiger partial charge in [-0.15, -0.1) is 4.91 Å². The molecular weight excluding hydrogens is 212 g/mol. The van der Waals surface area contributed by atoms with Crippen LogP contribution in [0.1, 0.15) is 12.8 Å². The van der Waals surface area contributed by atoms with Crippen LogP contribution in [0.5, 0.6) is 0 Å². The van der Waals surface area contributed by atoms with Gasteiger partial charge in [-0.2, -0.15) is 0 Å². The third kappa shape index (κ3) is 1.68. The van der Waals surface area contributed by atoms with Crippen LogP contribution >= 0.6 is 0 Å². The van der Waals surface area contributed by atoms with Gasteiger partial charge in [0.2, 0.25) is 0 Å². The minimum Gasteiger partial charge on any atom is -0.371 e. The van der Waals surface area contributed by atoms with Crippen LogP contribution in [0.15, 0.2) is 41.6 Å². The predicted molar refractivity (Wildman–Crippen MR) is 70.9 cm³/mol.